The van der Waals surface area contributed by atoms with Crippen molar-refractivity contribution in [2.45, 2.75) is 0 Å². The average Bonchev–Trinajstić information content (AvgIpc) is 2.75. The Bertz CT molecular complexity index is 1030. The van der Waals surface area contributed by atoms with Gasteiger partial charge in [-0.1, -0.05) is 12.1 Å². The number of hydrogen-bond donors (Lipinski definition) is 2. The molecule has 3 rings (SSSR count). The van der Waals surface area contributed by atoms with Crippen molar-refractivity contribution < 1.29 is 23.7 Å². The number of methoxy groups -OCH3 is 3. The van der Waals surface area contributed by atoms with E-state index in [0.717, 1.165) is 0 Å². The fourth-order valence-electron chi connectivity index (χ4n) is 2.57. The summed E-state index contributed by atoms with van der Waals surface area (Å²) in [6.07, 6.45) is 0. The average molecular weight is 419 g/mol. The van der Waals surface area contributed by atoms with Crippen molar-refractivity contribution in [3.05, 3.63) is 41.7 Å². The first-order valence-corrected chi connectivity index (χ1v) is 8.83. The summed E-state index contributed by atoms with van der Waals surface area (Å²) >= 11 is 6.00. The highest BCUT2D eigenvalue weighted by Gasteiger charge is 2.14. The first kappa shape index (κ1) is 20.3. The summed E-state index contributed by atoms with van der Waals surface area (Å²) < 4.78 is 21.2. The zero-order valence-electron chi connectivity index (χ0n) is 16.0. The topological polar surface area (TPSA) is 104 Å². The van der Waals surface area contributed by atoms with Crippen molar-refractivity contribution in [1.82, 2.24) is 15.4 Å². The van der Waals surface area contributed by atoms with Crippen LogP contribution >= 0.6 is 11.6 Å². The number of anilines is 1. The Labute approximate surface area is 171 Å². The molecule has 2 N–H and O–H groups in total. The van der Waals surface area contributed by atoms with Crippen LogP contribution in [0.25, 0.3) is 10.9 Å². The van der Waals surface area contributed by atoms with Gasteiger partial charge in [-0.15, -0.1) is 0 Å². The smallest absolute Gasteiger partial charge is 0.276 e. The van der Waals surface area contributed by atoms with Gasteiger partial charge in [-0.25, -0.2) is 4.98 Å². The number of nitrogens with one attached hydrogen (secondary N) is 2. The van der Waals surface area contributed by atoms with Crippen molar-refractivity contribution >= 4 is 34.2 Å². The van der Waals surface area contributed by atoms with Crippen LogP contribution in [0.3, 0.4) is 0 Å². The highest BCUT2D eigenvalue weighted by atomic mass is 35.5. The van der Waals surface area contributed by atoms with Crippen molar-refractivity contribution in [2.24, 2.45) is 0 Å². The maximum atomic E-state index is 12.2. The number of rotatable bonds is 8. The van der Waals surface area contributed by atoms with Crippen molar-refractivity contribution in [3.8, 4) is 23.0 Å². The van der Waals surface area contributed by atoms with Crippen LogP contribution < -0.4 is 29.8 Å². The number of para-hydroxylation sites is 2. The highest BCUT2D eigenvalue weighted by molar-refractivity contribution is 6.28. The van der Waals surface area contributed by atoms with Crippen molar-refractivity contribution in [2.75, 3.05) is 33.4 Å². The molecule has 0 radical (unpaired) electrons. The minimum absolute atomic E-state index is 0.00624. The van der Waals surface area contributed by atoms with Gasteiger partial charge in [0.05, 0.1) is 26.8 Å². The third-order valence-electron chi connectivity index (χ3n) is 3.92. The number of amides is 1. The molecule has 3 aromatic rings. The van der Waals surface area contributed by atoms with E-state index >= 15 is 0 Å². The molecule has 0 aliphatic carbocycles. The normalized spacial score (nSPS) is 10.3. The first-order valence-electron chi connectivity index (χ1n) is 8.45. The Morgan fingerprint density at radius 2 is 1.62 bits per heavy atom. The molecule has 0 atom stereocenters. The maximum absolute atomic E-state index is 12.2. The van der Waals surface area contributed by atoms with Crippen molar-refractivity contribution in [1.29, 1.82) is 0 Å². The van der Waals surface area contributed by atoms with Crippen LogP contribution in [0, 0.1) is 0 Å². The van der Waals surface area contributed by atoms with Gasteiger partial charge in [0.1, 0.15) is 0 Å². The fraction of sp³-hybridized carbons (Fsp3) is 0.211. The van der Waals surface area contributed by atoms with Crippen LogP contribution in [-0.4, -0.2) is 43.8 Å². The number of nitrogens with zero attached hydrogens (tertiary/aromatic N) is 2. The second-order valence-corrected chi connectivity index (χ2v) is 6.02. The second kappa shape index (κ2) is 9.16. The Morgan fingerprint density at radius 1 is 0.966 bits per heavy atom. The third kappa shape index (κ3) is 4.69. The third-order valence-corrected chi connectivity index (χ3v) is 4.09. The fourth-order valence-corrected chi connectivity index (χ4v) is 2.74. The molecule has 0 saturated heterocycles. The lowest BCUT2D eigenvalue weighted by atomic mass is 10.2. The molecule has 0 fully saturated rings. The molecule has 2 aromatic carbocycles. The van der Waals surface area contributed by atoms with Gasteiger partial charge < -0.3 is 18.9 Å². The quantitative estimate of drug-likeness (QED) is 0.425. The van der Waals surface area contributed by atoms with Gasteiger partial charge >= 0.3 is 0 Å². The van der Waals surface area contributed by atoms with Gasteiger partial charge in [0.25, 0.3) is 5.91 Å². The summed E-state index contributed by atoms with van der Waals surface area (Å²) in [5.74, 6) is 1.83. The number of hydrogen-bond acceptors (Lipinski definition) is 8. The van der Waals surface area contributed by atoms with E-state index < -0.39 is 5.91 Å². The van der Waals surface area contributed by atoms with Crippen LogP contribution in [0.5, 0.6) is 23.0 Å². The largest absolute Gasteiger partial charge is 0.493 e. The highest BCUT2D eigenvalue weighted by Crippen LogP contribution is 2.34. The SMILES string of the molecule is COc1cc2nc(Cl)nc(NNC(=O)COc3ccccc3OC)c2cc1OC. The Balaban J connectivity index is 1.73. The number of carbonyl (C=O) groups excluding carboxylic acids is 1. The predicted octanol–water partition coefficient (Wildman–Crippen LogP) is 2.83. The second-order valence-electron chi connectivity index (χ2n) is 5.68. The van der Waals surface area contributed by atoms with Crippen LogP contribution in [0.4, 0.5) is 5.82 Å². The molecule has 29 heavy (non-hydrogen) atoms. The van der Waals surface area contributed by atoms with Gasteiger partial charge in [0.2, 0.25) is 5.28 Å². The predicted molar refractivity (Wildman–Crippen MR) is 108 cm³/mol. The van der Waals surface area contributed by atoms with Crippen LogP contribution in [0.1, 0.15) is 0 Å². The molecule has 0 saturated carbocycles. The standard InChI is InChI=1S/C19H19ClN4O5/c1-26-13-6-4-5-7-14(13)29-10-17(25)23-24-18-11-8-15(27-2)16(28-3)9-12(11)21-19(20)22-18/h4-9H,10H2,1-3H3,(H,23,25)(H,21,22,24). The molecule has 9 nitrogen and oxygen atoms in total. The van der Waals surface area contributed by atoms with Crippen molar-refractivity contribution in [3.63, 3.8) is 0 Å². The molecule has 10 heteroatoms. The minimum atomic E-state index is -0.431. The molecule has 0 spiro atoms. The summed E-state index contributed by atoms with van der Waals surface area (Å²) in [6.45, 7) is -0.235. The lowest BCUT2D eigenvalue weighted by Gasteiger charge is -2.14. The molecule has 1 aromatic heterocycles. The Hall–Kier alpha value is -3.46. The van der Waals surface area contributed by atoms with E-state index in [2.05, 4.69) is 20.8 Å². The number of fused-ring (bicyclic) bond motifs is 1. The molecule has 0 unspecified atom stereocenters. The zero-order chi connectivity index (χ0) is 20.8. The van der Waals surface area contributed by atoms with E-state index in [1.54, 1.807) is 36.4 Å². The van der Waals surface area contributed by atoms with Crippen LogP contribution in [0.15, 0.2) is 36.4 Å². The van der Waals surface area contributed by atoms with Gasteiger partial charge in [-0.2, -0.15) is 4.98 Å². The van der Waals surface area contributed by atoms with Gasteiger partial charge in [-0.3, -0.25) is 15.6 Å². The first-order chi connectivity index (χ1) is 14.0. The van der Waals surface area contributed by atoms with E-state index in [0.29, 0.717) is 39.7 Å². The van der Waals surface area contributed by atoms with E-state index in [-0.39, 0.29) is 11.9 Å². The summed E-state index contributed by atoms with van der Waals surface area (Å²) in [4.78, 5) is 20.5. The summed E-state index contributed by atoms with van der Waals surface area (Å²) in [5.41, 5.74) is 5.77. The molecule has 1 heterocycles. The minimum Gasteiger partial charge on any atom is -0.493 e. The lowest BCUT2D eigenvalue weighted by Crippen LogP contribution is -2.34. The molecule has 0 aliphatic heterocycles. The molecule has 152 valence electrons. The van der Waals surface area contributed by atoms with E-state index in [1.165, 1.54) is 21.3 Å². The van der Waals surface area contributed by atoms with Gasteiger partial charge in [0.15, 0.2) is 35.4 Å². The van der Waals surface area contributed by atoms with E-state index in [9.17, 15) is 4.79 Å². The molecule has 0 aliphatic rings. The molecular weight excluding hydrogens is 400 g/mol. The number of halogens is 1. The van der Waals surface area contributed by atoms with E-state index in [4.69, 9.17) is 30.5 Å². The number of benzene rings is 2. The number of aromatic nitrogens is 2. The molecule has 0 bridgehead atoms. The summed E-state index contributed by atoms with van der Waals surface area (Å²) in [7, 11) is 4.56. The van der Waals surface area contributed by atoms with E-state index in [1.807, 2.05) is 0 Å². The summed E-state index contributed by atoms with van der Waals surface area (Å²) in [6, 6.07) is 10.4. The molecule has 1 amide bonds. The number of ether oxygens (including phenoxy) is 4. The molecular formula is C19H19ClN4O5. The summed E-state index contributed by atoms with van der Waals surface area (Å²) in [5, 5.41) is 0.588. The maximum Gasteiger partial charge on any atom is 0.276 e. The monoisotopic (exact) mass is 418 g/mol. The van der Waals surface area contributed by atoms with Crippen LogP contribution in [0.2, 0.25) is 5.28 Å². The van der Waals surface area contributed by atoms with Crippen LogP contribution in [-0.2, 0) is 4.79 Å². The van der Waals surface area contributed by atoms with Gasteiger partial charge in [-0.05, 0) is 29.8 Å². The number of carbonyl (C=O) groups is 1. The lowest BCUT2D eigenvalue weighted by molar-refractivity contribution is -0.122. The number of hydrazine groups is 1. The Kier molecular flexibility index (Phi) is 6.40. The Morgan fingerprint density at radius 3 is 2.31 bits per heavy atom. The van der Waals surface area contributed by atoms with Gasteiger partial charge in [0, 0.05) is 11.5 Å². The zero-order valence-corrected chi connectivity index (χ0v) is 16.7.